The van der Waals surface area contributed by atoms with E-state index in [4.69, 9.17) is 5.11 Å². The number of pyridine rings is 1. The Morgan fingerprint density at radius 3 is 2.58 bits per heavy atom. The Hall–Kier alpha value is -1.63. The van der Waals surface area contributed by atoms with Crippen molar-refractivity contribution in [1.82, 2.24) is 9.88 Å². The van der Waals surface area contributed by atoms with Gasteiger partial charge in [0, 0.05) is 18.8 Å². The van der Waals surface area contributed by atoms with E-state index in [1.807, 2.05) is 0 Å². The van der Waals surface area contributed by atoms with Gasteiger partial charge in [0.2, 0.25) is 0 Å². The number of carboxylic acid groups (broad SMARTS) is 1. The third-order valence-corrected chi connectivity index (χ3v) is 2.54. The Balaban J connectivity index is 2.85. The maximum absolute atomic E-state index is 12.4. The van der Waals surface area contributed by atoms with Crippen LogP contribution in [0.25, 0.3) is 0 Å². The Bertz CT molecular complexity index is 447. The highest BCUT2D eigenvalue weighted by molar-refractivity contribution is 5.85. The summed E-state index contributed by atoms with van der Waals surface area (Å²) >= 11 is 0. The van der Waals surface area contributed by atoms with E-state index in [1.165, 1.54) is 23.2 Å². The minimum absolute atomic E-state index is 0.0278. The van der Waals surface area contributed by atoms with Crippen LogP contribution in [0.5, 0.6) is 0 Å². The van der Waals surface area contributed by atoms with Crippen LogP contribution < -0.4 is 0 Å². The summed E-state index contributed by atoms with van der Waals surface area (Å²) < 4.78 is 37.3. The molecular formula is C12H15F3N2O2. The largest absolute Gasteiger partial charge is 0.477 e. The number of halogens is 3. The van der Waals surface area contributed by atoms with Gasteiger partial charge in [0.15, 0.2) is 0 Å². The average Bonchev–Trinajstić information content (AvgIpc) is 2.26. The van der Waals surface area contributed by atoms with E-state index in [-0.39, 0.29) is 18.3 Å². The van der Waals surface area contributed by atoms with Gasteiger partial charge in [0.1, 0.15) is 5.69 Å². The molecular weight excluding hydrogens is 261 g/mol. The lowest BCUT2D eigenvalue weighted by molar-refractivity contribution is -0.150. The summed E-state index contributed by atoms with van der Waals surface area (Å²) in [7, 11) is 0. The molecule has 0 saturated heterocycles. The van der Waals surface area contributed by atoms with Crippen molar-refractivity contribution in [2.75, 3.05) is 6.54 Å². The van der Waals surface area contributed by atoms with E-state index < -0.39 is 18.7 Å². The third-order valence-electron chi connectivity index (χ3n) is 2.54. The first kappa shape index (κ1) is 15.4. The molecule has 0 radical (unpaired) electrons. The number of nitrogens with zero attached hydrogens (tertiary/aromatic N) is 2. The van der Waals surface area contributed by atoms with Gasteiger partial charge in [0.05, 0.1) is 6.54 Å². The molecule has 0 unspecified atom stereocenters. The lowest BCUT2D eigenvalue weighted by Gasteiger charge is -2.27. The number of aromatic nitrogens is 1. The molecule has 0 amide bonds. The van der Waals surface area contributed by atoms with Gasteiger partial charge in [-0.05, 0) is 31.5 Å². The zero-order chi connectivity index (χ0) is 14.6. The minimum atomic E-state index is -4.28. The van der Waals surface area contributed by atoms with Crippen molar-refractivity contribution in [1.29, 1.82) is 0 Å². The topological polar surface area (TPSA) is 53.4 Å². The number of carboxylic acids is 1. The van der Waals surface area contributed by atoms with Crippen LogP contribution in [0.2, 0.25) is 0 Å². The number of hydrogen-bond acceptors (Lipinski definition) is 3. The average molecular weight is 276 g/mol. The molecule has 0 bridgehead atoms. The molecule has 19 heavy (non-hydrogen) atoms. The zero-order valence-electron chi connectivity index (χ0n) is 10.6. The first-order valence-electron chi connectivity index (χ1n) is 5.68. The molecule has 106 valence electrons. The smallest absolute Gasteiger partial charge is 0.401 e. The quantitative estimate of drug-likeness (QED) is 0.898. The fourth-order valence-corrected chi connectivity index (χ4v) is 1.58. The summed E-state index contributed by atoms with van der Waals surface area (Å²) in [6.45, 7) is 2.31. The molecule has 0 saturated carbocycles. The first-order chi connectivity index (χ1) is 8.69. The van der Waals surface area contributed by atoms with E-state index in [1.54, 1.807) is 13.8 Å². The van der Waals surface area contributed by atoms with Crippen molar-refractivity contribution in [2.24, 2.45) is 0 Å². The Morgan fingerprint density at radius 2 is 2.11 bits per heavy atom. The highest BCUT2D eigenvalue weighted by atomic mass is 19.4. The lowest BCUT2D eigenvalue weighted by Crippen LogP contribution is -2.38. The van der Waals surface area contributed by atoms with Crippen LogP contribution in [0.15, 0.2) is 18.3 Å². The van der Waals surface area contributed by atoms with Crippen LogP contribution in [0.3, 0.4) is 0 Å². The van der Waals surface area contributed by atoms with E-state index in [0.29, 0.717) is 5.56 Å². The first-order valence-corrected chi connectivity index (χ1v) is 5.68. The highest BCUT2D eigenvalue weighted by Crippen LogP contribution is 2.20. The number of hydrogen-bond donors (Lipinski definition) is 1. The van der Waals surface area contributed by atoms with Crippen molar-refractivity contribution in [3.8, 4) is 0 Å². The summed E-state index contributed by atoms with van der Waals surface area (Å²) in [5.74, 6) is -1.20. The summed E-state index contributed by atoms with van der Waals surface area (Å²) in [5, 5.41) is 8.78. The van der Waals surface area contributed by atoms with Crippen molar-refractivity contribution < 1.29 is 23.1 Å². The number of aromatic carboxylic acids is 1. The predicted molar refractivity (Wildman–Crippen MR) is 62.8 cm³/mol. The van der Waals surface area contributed by atoms with Crippen LogP contribution in [0.4, 0.5) is 13.2 Å². The summed E-state index contributed by atoms with van der Waals surface area (Å²) in [4.78, 5) is 15.6. The van der Waals surface area contributed by atoms with Gasteiger partial charge in [-0.15, -0.1) is 0 Å². The fraction of sp³-hybridized carbons (Fsp3) is 0.500. The van der Waals surface area contributed by atoms with Gasteiger partial charge >= 0.3 is 12.1 Å². The predicted octanol–water partition coefficient (Wildman–Crippen LogP) is 2.55. The van der Waals surface area contributed by atoms with Gasteiger partial charge < -0.3 is 5.11 Å². The molecule has 1 rings (SSSR count). The van der Waals surface area contributed by atoms with Crippen molar-refractivity contribution in [3.63, 3.8) is 0 Å². The molecule has 0 aliphatic rings. The summed E-state index contributed by atoms with van der Waals surface area (Å²) in [6, 6.07) is 2.50. The standard InChI is InChI=1S/C12H15F3N2O2/c1-8(2)17(7-12(13,14)15)6-9-3-4-16-10(5-9)11(18)19/h3-5,8H,6-7H2,1-2H3,(H,18,19). The van der Waals surface area contributed by atoms with Crippen LogP contribution in [0.1, 0.15) is 29.9 Å². The molecule has 0 aromatic carbocycles. The third kappa shape index (κ3) is 5.25. The number of rotatable bonds is 5. The molecule has 0 aliphatic heterocycles. The Morgan fingerprint density at radius 1 is 1.47 bits per heavy atom. The van der Waals surface area contributed by atoms with Crippen molar-refractivity contribution >= 4 is 5.97 Å². The van der Waals surface area contributed by atoms with Crippen molar-refractivity contribution in [3.05, 3.63) is 29.6 Å². The van der Waals surface area contributed by atoms with E-state index in [9.17, 15) is 18.0 Å². The molecule has 0 atom stereocenters. The number of alkyl halides is 3. The SMILES string of the molecule is CC(C)N(Cc1ccnc(C(=O)O)c1)CC(F)(F)F. The Kier molecular flexibility index (Phi) is 4.88. The van der Waals surface area contributed by atoms with Gasteiger partial charge in [-0.25, -0.2) is 9.78 Å². The molecule has 1 heterocycles. The molecule has 4 nitrogen and oxygen atoms in total. The molecule has 1 aromatic rings. The van der Waals surface area contributed by atoms with E-state index in [0.717, 1.165) is 0 Å². The highest BCUT2D eigenvalue weighted by Gasteiger charge is 2.31. The van der Waals surface area contributed by atoms with Crippen LogP contribution in [-0.4, -0.2) is 39.7 Å². The normalized spacial score (nSPS) is 12.2. The van der Waals surface area contributed by atoms with Gasteiger partial charge in [-0.2, -0.15) is 13.2 Å². The lowest BCUT2D eigenvalue weighted by atomic mass is 10.2. The van der Waals surface area contributed by atoms with Crippen LogP contribution >= 0.6 is 0 Å². The molecule has 1 N–H and O–H groups in total. The van der Waals surface area contributed by atoms with Crippen LogP contribution in [-0.2, 0) is 6.54 Å². The molecule has 0 spiro atoms. The molecule has 0 fully saturated rings. The second-order valence-electron chi connectivity index (χ2n) is 4.47. The zero-order valence-corrected chi connectivity index (χ0v) is 10.6. The monoisotopic (exact) mass is 276 g/mol. The molecule has 7 heteroatoms. The summed E-state index contributed by atoms with van der Waals surface area (Å²) in [5.41, 5.74) is 0.318. The Labute approximate surface area is 108 Å². The fourth-order valence-electron chi connectivity index (χ4n) is 1.58. The van der Waals surface area contributed by atoms with E-state index in [2.05, 4.69) is 4.98 Å². The van der Waals surface area contributed by atoms with Gasteiger partial charge in [0.25, 0.3) is 0 Å². The maximum Gasteiger partial charge on any atom is 0.401 e. The summed E-state index contributed by atoms with van der Waals surface area (Å²) in [6.07, 6.45) is -3.00. The molecule has 1 aromatic heterocycles. The maximum atomic E-state index is 12.4. The molecule has 0 aliphatic carbocycles. The second kappa shape index (κ2) is 6.01. The minimum Gasteiger partial charge on any atom is -0.477 e. The van der Waals surface area contributed by atoms with Gasteiger partial charge in [-0.1, -0.05) is 0 Å². The number of carbonyl (C=O) groups is 1. The van der Waals surface area contributed by atoms with Gasteiger partial charge in [-0.3, -0.25) is 4.90 Å². The van der Waals surface area contributed by atoms with E-state index >= 15 is 0 Å². The second-order valence-corrected chi connectivity index (χ2v) is 4.47. The van der Waals surface area contributed by atoms with Crippen LogP contribution in [0, 0.1) is 0 Å². The van der Waals surface area contributed by atoms with Crippen molar-refractivity contribution in [2.45, 2.75) is 32.6 Å².